The van der Waals surface area contributed by atoms with Gasteiger partial charge in [-0.05, 0) is 43.5 Å². The van der Waals surface area contributed by atoms with Crippen molar-refractivity contribution in [2.75, 3.05) is 7.11 Å². The fourth-order valence-corrected chi connectivity index (χ4v) is 3.66. The molecule has 0 bridgehead atoms. The SMILES string of the molecule is CCC(CC)(NS(=O)(=O)c1ccc(OC)c(C)c1)C(=O)O. The predicted molar refractivity (Wildman–Crippen MR) is 79.0 cm³/mol. The van der Waals surface area contributed by atoms with Crippen LogP contribution in [0.15, 0.2) is 23.1 Å². The maximum absolute atomic E-state index is 12.4. The van der Waals surface area contributed by atoms with Gasteiger partial charge in [-0.15, -0.1) is 0 Å². The first kappa shape index (κ1) is 17.5. The lowest BCUT2D eigenvalue weighted by Gasteiger charge is -2.27. The maximum Gasteiger partial charge on any atom is 0.324 e. The van der Waals surface area contributed by atoms with E-state index in [9.17, 15) is 18.3 Å². The van der Waals surface area contributed by atoms with Crippen molar-refractivity contribution in [1.82, 2.24) is 4.72 Å². The minimum absolute atomic E-state index is 0.0216. The molecule has 0 saturated heterocycles. The number of carbonyl (C=O) groups is 1. The first-order valence-electron chi connectivity index (χ1n) is 6.64. The summed E-state index contributed by atoms with van der Waals surface area (Å²) in [6, 6.07) is 4.40. The minimum Gasteiger partial charge on any atom is -0.496 e. The third-order valence-corrected chi connectivity index (χ3v) is 5.16. The first-order valence-corrected chi connectivity index (χ1v) is 8.12. The Morgan fingerprint density at radius 2 is 1.90 bits per heavy atom. The monoisotopic (exact) mass is 315 g/mol. The summed E-state index contributed by atoms with van der Waals surface area (Å²) >= 11 is 0. The van der Waals surface area contributed by atoms with Gasteiger partial charge in [0.05, 0.1) is 12.0 Å². The molecule has 6 nitrogen and oxygen atoms in total. The molecule has 0 aromatic heterocycles. The Bertz CT molecular complexity index is 620. The number of benzene rings is 1. The van der Waals surface area contributed by atoms with Gasteiger partial charge in [-0.2, -0.15) is 4.72 Å². The predicted octanol–water partition coefficient (Wildman–Crippen LogP) is 1.93. The molecule has 0 atom stereocenters. The van der Waals surface area contributed by atoms with Crippen LogP contribution in [-0.2, 0) is 14.8 Å². The Morgan fingerprint density at radius 1 is 1.33 bits per heavy atom. The number of hydrogen-bond donors (Lipinski definition) is 2. The summed E-state index contributed by atoms with van der Waals surface area (Å²) in [5.74, 6) is -0.606. The van der Waals surface area contributed by atoms with Crippen molar-refractivity contribution in [2.45, 2.75) is 44.0 Å². The van der Waals surface area contributed by atoms with E-state index in [1.165, 1.54) is 19.2 Å². The van der Waals surface area contributed by atoms with Crippen LogP contribution in [0.25, 0.3) is 0 Å². The van der Waals surface area contributed by atoms with E-state index in [-0.39, 0.29) is 17.7 Å². The standard InChI is InChI=1S/C14H21NO5S/c1-5-14(6-2,13(16)17)15-21(18,19)11-7-8-12(20-4)10(3)9-11/h7-9,15H,5-6H2,1-4H3,(H,16,17). The number of sulfonamides is 1. The summed E-state index contributed by atoms with van der Waals surface area (Å²) in [5.41, 5.74) is -0.832. The molecule has 1 aromatic carbocycles. The number of ether oxygens (including phenoxy) is 1. The van der Waals surface area contributed by atoms with Crippen LogP contribution >= 0.6 is 0 Å². The van der Waals surface area contributed by atoms with Gasteiger partial charge >= 0.3 is 5.97 Å². The summed E-state index contributed by atoms with van der Waals surface area (Å²) < 4.78 is 32.2. The number of carboxylic acid groups (broad SMARTS) is 1. The fraction of sp³-hybridized carbons (Fsp3) is 0.500. The van der Waals surface area contributed by atoms with Crippen LogP contribution < -0.4 is 9.46 Å². The number of aryl methyl sites for hydroxylation is 1. The molecule has 0 heterocycles. The van der Waals surface area contributed by atoms with Crippen LogP contribution in [0, 0.1) is 6.92 Å². The second kappa shape index (κ2) is 6.44. The minimum atomic E-state index is -3.92. The van der Waals surface area contributed by atoms with Crippen molar-refractivity contribution in [3.8, 4) is 5.75 Å². The molecule has 7 heteroatoms. The van der Waals surface area contributed by atoms with E-state index in [0.717, 1.165) is 0 Å². The van der Waals surface area contributed by atoms with Gasteiger partial charge in [0.25, 0.3) is 0 Å². The van der Waals surface area contributed by atoms with Crippen LogP contribution in [0.1, 0.15) is 32.3 Å². The number of nitrogens with one attached hydrogen (secondary N) is 1. The highest BCUT2D eigenvalue weighted by Gasteiger charge is 2.39. The van der Waals surface area contributed by atoms with Crippen molar-refractivity contribution in [2.24, 2.45) is 0 Å². The number of methoxy groups -OCH3 is 1. The van der Waals surface area contributed by atoms with Gasteiger partial charge < -0.3 is 9.84 Å². The summed E-state index contributed by atoms with van der Waals surface area (Å²) in [6.07, 6.45) is 0.320. The Kier molecular flexibility index (Phi) is 5.36. The highest BCUT2D eigenvalue weighted by Crippen LogP contribution is 2.24. The molecule has 0 fully saturated rings. The van der Waals surface area contributed by atoms with E-state index in [1.54, 1.807) is 26.8 Å². The molecule has 0 spiro atoms. The largest absolute Gasteiger partial charge is 0.496 e. The van der Waals surface area contributed by atoms with Gasteiger partial charge in [-0.1, -0.05) is 13.8 Å². The van der Waals surface area contributed by atoms with E-state index in [4.69, 9.17) is 4.74 Å². The zero-order valence-corrected chi connectivity index (χ0v) is 13.5. The van der Waals surface area contributed by atoms with Crippen LogP contribution in [0.5, 0.6) is 5.75 Å². The normalized spacial score (nSPS) is 12.2. The molecule has 0 amide bonds. The lowest BCUT2D eigenvalue weighted by molar-refractivity contribution is -0.144. The quantitative estimate of drug-likeness (QED) is 0.802. The van der Waals surface area contributed by atoms with Gasteiger partial charge in [-0.3, -0.25) is 4.79 Å². The molecule has 0 aliphatic carbocycles. The van der Waals surface area contributed by atoms with Crippen LogP contribution in [0.3, 0.4) is 0 Å². The van der Waals surface area contributed by atoms with Gasteiger partial charge in [-0.25, -0.2) is 8.42 Å². The van der Waals surface area contributed by atoms with Gasteiger partial charge in [0.1, 0.15) is 11.3 Å². The highest BCUT2D eigenvalue weighted by atomic mass is 32.2. The number of rotatable bonds is 7. The number of hydrogen-bond acceptors (Lipinski definition) is 4. The van der Waals surface area contributed by atoms with Gasteiger partial charge in [0.2, 0.25) is 10.0 Å². The van der Waals surface area contributed by atoms with E-state index in [2.05, 4.69) is 4.72 Å². The molecule has 118 valence electrons. The average molecular weight is 315 g/mol. The van der Waals surface area contributed by atoms with Gasteiger partial charge in [0.15, 0.2) is 0 Å². The van der Waals surface area contributed by atoms with Crippen molar-refractivity contribution in [1.29, 1.82) is 0 Å². The Morgan fingerprint density at radius 3 is 2.29 bits per heavy atom. The molecular formula is C14H21NO5S. The first-order chi connectivity index (χ1) is 9.72. The summed E-state index contributed by atoms with van der Waals surface area (Å²) in [7, 11) is -2.42. The molecule has 21 heavy (non-hydrogen) atoms. The zero-order valence-electron chi connectivity index (χ0n) is 12.6. The topological polar surface area (TPSA) is 92.7 Å². The van der Waals surface area contributed by atoms with Crippen LogP contribution in [0.2, 0.25) is 0 Å². The molecule has 0 aliphatic rings. The molecule has 0 unspecified atom stereocenters. The summed E-state index contributed by atoms with van der Waals surface area (Å²) in [4.78, 5) is 11.4. The zero-order chi connectivity index (χ0) is 16.3. The van der Waals surface area contributed by atoms with Crippen molar-refractivity contribution in [3.63, 3.8) is 0 Å². The van der Waals surface area contributed by atoms with Crippen molar-refractivity contribution in [3.05, 3.63) is 23.8 Å². The molecule has 0 saturated carbocycles. The van der Waals surface area contributed by atoms with E-state index >= 15 is 0 Å². The molecular weight excluding hydrogens is 294 g/mol. The third kappa shape index (κ3) is 3.54. The number of carboxylic acids is 1. The Hall–Kier alpha value is -1.60. The van der Waals surface area contributed by atoms with Gasteiger partial charge in [0, 0.05) is 0 Å². The fourth-order valence-electron chi connectivity index (χ4n) is 2.07. The smallest absolute Gasteiger partial charge is 0.324 e. The lowest BCUT2D eigenvalue weighted by Crippen LogP contribution is -2.53. The number of aliphatic carboxylic acids is 1. The second-order valence-electron chi connectivity index (χ2n) is 4.83. The van der Waals surface area contributed by atoms with Crippen molar-refractivity contribution >= 4 is 16.0 Å². The molecule has 2 N–H and O–H groups in total. The van der Waals surface area contributed by atoms with Crippen LogP contribution in [-0.4, -0.2) is 32.1 Å². The van der Waals surface area contributed by atoms with E-state index in [0.29, 0.717) is 11.3 Å². The van der Waals surface area contributed by atoms with Crippen molar-refractivity contribution < 1.29 is 23.1 Å². The molecule has 0 radical (unpaired) electrons. The Labute approximate surface area is 125 Å². The molecule has 1 aromatic rings. The van der Waals surface area contributed by atoms with Crippen LogP contribution in [0.4, 0.5) is 0 Å². The maximum atomic E-state index is 12.4. The second-order valence-corrected chi connectivity index (χ2v) is 6.51. The summed E-state index contributed by atoms with van der Waals surface area (Å²) in [6.45, 7) is 5.00. The van der Waals surface area contributed by atoms with E-state index in [1.807, 2.05) is 0 Å². The average Bonchev–Trinajstić information content (AvgIpc) is 2.44. The Balaban J connectivity index is 3.22. The highest BCUT2D eigenvalue weighted by molar-refractivity contribution is 7.89. The third-order valence-electron chi connectivity index (χ3n) is 3.62. The molecule has 1 rings (SSSR count). The summed E-state index contributed by atoms with van der Waals surface area (Å²) in [5, 5.41) is 9.32. The molecule has 0 aliphatic heterocycles. The lowest BCUT2D eigenvalue weighted by atomic mass is 9.95. The van der Waals surface area contributed by atoms with E-state index < -0.39 is 21.5 Å².